The Morgan fingerprint density at radius 2 is 2.00 bits per heavy atom. The Kier molecular flexibility index (Phi) is 5.75. The Labute approximate surface area is 137 Å². The van der Waals surface area contributed by atoms with E-state index in [4.69, 9.17) is 27.9 Å². The third-order valence-electron chi connectivity index (χ3n) is 2.68. The molecular weight excluding hydrogens is 327 g/mol. The van der Waals surface area contributed by atoms with E-state index in [1.54, 1.807) is 30.3 Å². The van der Waals surface area contributed by atoms with E-state index in [0.29, 0.717) is 10.6 Å². The molecular formula is C15H12Cl2N2O3. The molecule has 22 heavy (non-hydrogen) atoms. The molecule has 114 valence electrons. The molecule has 1 aromatic heterocycles. The molecule has 1 aromatic carbocycles. The minimum Gasteiger partial charge on any atom is -0.460 e. The van der Waals surface area contributed by atoms with Gasteiger partial charge in [0.2, 0.25) is 0 Å². The number of hydrogen-bond donors (Lipinski definition) is 1. The molecule has 1 N–H and O–H groups in total. The van der Waals surface area contributed by atoms with Crippen LogP contribution in [0.3, 0.4) is 0 Å². The summed E-state index contributed by atoms with van der Waals surface area (Å²) in [6, 6.07) is 9.60. The van der Waals surface area contributed by atoms with Gasteiger partial charge in [-0.05, 0) is 30.3 Å². The van der Waals surface area contributed by atoms with E-state index < -0.39 is 5.97 Å². The molecule has 5 nitrogen and oxygen atoms in total. The lowest BCUT2D eigenvalue weighted by molar-refractivity contribution is 0.0503. The number of amides is 1. The molecule has 0 aliphatic carbocycles. The zero-order valence-corrected chi connectivity index (χ0v) is 12.9. The van der Waals surface area contributed by atoms with Crippen molar-refractivity contribution in [2.45, 2.75) is 0 Å². The standard InChI is InChI=1S/C15H12Cl2N2O3/c16-11-4-1-3-10(9-11)15(21)22-8-7-19-14(20)12-5-2-6-18-13(12)17/h1-6,9H,7-8H2,(H,19,20). The van der Waals surface area contributed by atoms with E-state index in [1.165, 1.54) is 12.3 Å². The molecule has 0 saturated heterocycles. The van der Waals surface area contributed by atoms with Gasteiger partial charge in [-0.15, -0.1) is 0 Å². The first kappa shape index (κ1) is 16.3. The van der Waals surface area contributed by atoms with Crippen LogP contribution in [0, 0.1) is 0 Å². The van der Waals surface area contributed by atoms with Gasteiger partial charge in [0.1, 0.15) is 11.8 Å². The van der Waals surface area contributed by atoms with Gasteiger partial charge in [0.15, 0.2) is 0 Å². The Balaban J connectivity index is 1.79. The van der Waals surface area contributed by atoms with Gasteiger partial charge in [-0.25, -0.2) is 9.78 Å². The van der Waals surface area contributed by atoms with Crippen LogP contribution in [-0.2, 0) is 4.74 Å². The van der Waals surface area contributed by atoms with Crippen LogP contribution < -0.4 is 5.32 Å². The van der Waals surface area contributed by atoms with Gasteiger partial charge in [0, 0.05) is 11.2 Å². The zero-order valence-electron chi connectivity index (χ0n) is 11.4. The van der Waals surface area contributed by atoms with Gasteiger partial charge >= 0.3 is 5.97 Å². The monoisotopic (exact) mass is 338 g/mol. The van der Waals surface area contributed by atoms with Crippen LogP contribution >= 0.6 is 23.2 Å². The summed E-state index contributed by atoms with van der Waals surface area (Å²) in [5.74, 6) is -0.881. The number of esters is 1. The van der Waals surface area contributed by atoms with Crippen molar-refractivity contribution in [3.63, 3.8) is 0 Å². The number of carbonyl (C=O) groups excluding carboxylic acids is 2. The van der Waals surface area contributed by atoms with Crippen LogP contribution in [0.5, 0.6) is 0 Å². The topological polar surface area (TPSA) is 68.3 Å². The molecule has 2 aromatic rings. The molecule has 0 aliphatic rings. The fourth-order valence-electron chi connectivity index (χ4n) is 1.66. The molecule has 0 spiro atoms. The highest BCUT2D eigenvalue weighted by Crippen LogP contribution is 2.12. The molecule has 0 aliphatic heterocycles. The van der Waals surface area contributed by atoms with Gasteiger partial charge in [-0.2, -0.15) is 0 Å². The number of nitrogens with one attached hydrogen (secondary N) is 1. The first-order valence-electron chi connectivity index (χ1n) is 6.39. The largest absolute Gasteiger partial charge is 0.460 e. The molecule has 0 unspecified atom stereocenters. The molecule has 1 amide bonds. The number of carbonyl (C=O) groups is 2. The summed E-state index contributed by atoms with van der Waals surface area (Å²) in [4.78, 5) is 27.4. The van der Waals surface area contributed by atoms with Gasteiger partial charge < -0.3 is 10.1 Å². The fraction of sp³-hybridized carbons (Fsp3) is 0.133. The van der Waals surface area contributed by atoms with E-state index in [1.807, 2.05) is 0 Å². The summed E-state index contributed by atoms with van der Waals surface area (Å²) < 4.78 is 5.04. The van der Waals surface area contributed by atoms with E-state index in [2.05, 4.69) is 10.3 Å². The highest BCUT2D eigenvalue weighted by Gasteiger charge is 2.11. The molecule has 1 heterocycles. The van der Waals surface area contributed by atoms with Crippen molar-refractivity contribution in [2.24, 2.45) is 0 Å². The highest BCUT2D eigenvalue weighted by molar-refractivity contribution is 6.32. The number of rotatable bonds is 5. The number of benzene rings is 1. The van der Waals surface area contributed by atoms with Gasteiger partial charge in [0.25, 0.3) is 5.91 Å². The Bertz CT molecular complexity index is 692. The van der Waals surface area contributed by atoms with Crippen molar-refractivity contribution in [3.05, 3.63) is 63.9 Å². The second-order valence-electron chi connectivity index (χ2n) is 4.24. The summed E-state index contributed by atoms with van der Waals surface area (Å²) in [6.07, 6.45) is 1.49. The predicted octanol–water partition coefficient (Wildman–Crippen LogP) is 2.98. The average molecular weight is 339 g/mol. The van der Waals surface area contributed by atoms with Crippen molar-refractivity contribution in [1.82, 2.24) is 10.3 Å². The van der Waals surface area contributed by atoms with Crippen LogP contribution in [0.1, 0.15) is 20.7 Å². The molecule has 0 bridgehead atoms. The van der Waals surface area contributed by atoms with Crippen molar-refractivity contribution in [1.29, 1.82) is 0 Å². The number of pyridine rings is 1. The maximum absolute atomic E-state index is 11.8. The minimum atomic E-state index is -0.504. The first-order chi connectivity index (χ1) is 10.6. The predicted molar refractivity (Wildman–Crippen MR) is 83.3 cm³/mol. The van der Waals surface area contributed by atoms with Crippen molar-refractivity contribution < 1.29 is 14.3 Å². The van der Waals surface area contributed by atoms with Crippen molar-refractivity contribution in [3.8, 4) is 0 Å². The van der Waals surface area contributed by atoms with Gasteiger partial charge in [-0.3, -0.25) is 4.79 Å². The smallest absolute Gasteiger partial charge is 0.338 e. The first-order valence-corrected chi connectivity index (χ1v) is 7.15. The van der Waals surface area contributed by atoms with Crippen molar-refractivity contribution >= 4 is 35.1 Å². The van der Waals surface area contributed by atoms with E-state index in [0.717, 1.165) is 0 Å². The lowest BCUT2D eigenvalue weighted by Gasteiger charge is -2.07. The van der Waals surface area contributed by atoms with Gasteiger partial charge in [-0.1, -0.05) is 29.3 Å². The van der Waals surface area contributed by atoms with Crippen LogP contribution in [0.25, 0.3) is 0 Å². The van der Waals surface area contributed by atoms with Gasteiger partial charge in [0.05, 0.1) is 17.7 Å². The molecule has 0 radical (unpaired) electrons. The van der Waals surface area contributed by atoms with Crippen LogP contribution in [0.15, 0.2) is 42.6 Å². The molecule has 0 atom stereocenters. The quantitative estimate of drug-likeness (QED) is 0.517. The summed E-state index contributed by atoms with van der Waals surface area (Å²) in [7, 11) is 0. The normalized spacial score (nSPS) is 10.1. The van der Waals surface area contributed by atoms with Crippen molar-refractivity contribution in [2.75, 3.05) is 13.2 Å². The number of ether oxygens (including phenoxy) is 1. The van der Waals surface area contributed by atoms with E-state index in [9.17, 15) is 9.59 Å². The SMILES string of the molecule is O=C(OCCNC(=O)c1cccnc1Cl)c1cccc(Cl)c1. The third kappa shape index (κ3) is 4.44. The molecule has 0 fully saturated rings. The highest BCUT2D eigenvalue weighted by atomic mass is 35.5. The fourth-order valence-corrected chi connectivity index (χ4v) is 2.05. The number of halogens is 2. The van der Waals surface area contributed by atoms with Crippen LogP contribution in [0.2, 0.25) is 10.2 Å². The lowest BCUT2D eigenvalue weighted by atomic mass is 10.2. The van der Waals surface area contributed by atoms with E-state index >= 15 is 0 Å². The van der Waals surface area contributed by atoms with Crippen LogP contribution in [-0.4, -0.2) is 30.0 Å². The third-order valence-corrected chi connectivity index (χ3v) is 3.22. The zero-order chi connectivity index (χ0) is 15.9. The summed E-state index contributed by atoms with van der Waals surface area (Å²) in [6.45, 7) is 0.200. The molecule has 0 saturated carbocycles. The average Bonchev–Trinajstić information content (AvgIpc) is 2.51. The number of hydrogen-bond acceptors (Lipinski definition) is 4. The van der Waals surface area contributed by atoms with E-state index in [-0.39, 0.29) is 29.8 Å². The summed E-state index contributed by atoms with van der Waals surface area (Å²) >= 11 is 11.6. The number of aromatic nitrogens is 1. The maximum atomic E-state index is 11.8. The summed E-state index contributed by atoms with van der Waals surface area (Å²) in [5, 5.41) is 3.17. The molecule has 2 rings (SSSR count). The summed E-state index contributed by atoms with van der Waals surface area (Å²) in [5.41, 5.74) is 0.625. The molecule has 7 heteroatoms. The Hall–Kier alpha value is -2.11. The lowest BCUT2D eigenvalue weighted by Crippen LogP contribution is -2.28. The Morgan fingerprint density at radius 1 is 1.18 bits per heavy atom. The maximum Gasteiger partial charge on any atom is 0.338 e. The number of nitrogens with zero attached hydrogens (tertiary/aromatic N) is 1. The van der Waals surface area contributed by atoms with Crippen LogP contribution in [0.4, 0.5) is 0 Å². The second kappa shape index (κ2) is 7.77. The Morgan fingerprint density at radius 3 is 2.73 bits per heavy atom. The minimum absolute atomic E-state index is 0.0367. The second-order valence-corrected chi connectivity index (χ2v) is 5.04.